The van der Waals surface area contributed by atoms with Crippen LogP contribution in [0, 0.1) is 0 Å². The molecule has 3 N–H and O–H groups in total. The van der Waals surface area contributed by atoms with Crippen molar-refractivity contribution in [3.05, 3.63) is 88.5 Å². The maximum Gasteiger partial charge on any atom is 0.206 e. The van der Waals surface area contributed by atoms with Gasteiger partial charge in [0.05, 0.1) is 5.57 Å². The predicted molar refractivity (Wildman–Crippen MR) is 103 cm³/mol. The van der Waals surface area contributed by atoms with Crippen LogP contribution in [0.15, 0.2) is 66.5 Å². The maximum absolute atomic E-state index is 6.58. The maximum atomic E-state index is 6.58. The molecule has 3 aromatic carbocycles. The molecule has 7 heteroatoms. The number of hydrogen-bond acceptors (Lipinski definition) is 5. The lowest BCUT2D eigenvalue weighted by molar-refractivity contribution is 0.405. The highest BCUT2D eigenvalue weighted by Gasteiger charge is 2.35. The lowest BCUT2D eigenvalue weighted by Gasteiger charge is -2.30. The SMILES string of the molecule is NC1=C(c2nn[nH]n2)C(c2ccccc2Cl)c2c(ccc3ccccc23)O1. The van der Waals surface area contributed by atoms with Crippen LogP contribution in [-0.4, -0.2) is 20.6 Å². The second-order valence-electron chi connectivity index (χ2n) is 6.27. The van der Waals surface area contributed by atoms with Gasteiger partial charge in [0.25, 0.3) is 0 Å². The van der Waals surface area contributed by atoms with Crippen LogP contribution in [0.5, 0.6) is 5.75 Å². The van der Waals surface area contributed by atoms with Crippen molar-refractivity contribution in [3.8, 4) is 5.75 Å². The number of aromatic amines is 1. The molecular weight excluding hydrogens is 362 g/mol. The molecule has 0 spiro atoms. The fourth-order valence-corrected chi connectivity index (χ4v) is 3.90. The summed E-state index contributed by atoms with van der Waals surface area (Å²) in [5.74, 6) is 1.04. The summed E-state index contributed by atoms with van der Waals surface area (Å²) >= 11 is 6.58. The Morgan fingerprint density at radius 1 is 1.00 bits per heavy atom. The minimum atomic E-state index is -0.286. The number of fused-ring (bicyclic) bond motifs is 3. The third-order valence-electron chi connectivity index (χ3n) is 4.80. The third-order valence-corrected chi connectivity index (χ3v) is 5.14. The van der Waals surface area contributed by atoms with Gasteiger partial charge in [-0.15, -0.1) is 10.2 Å². The summed E-state index contributed by atoms with van der Waals surface area (Å²) in [5, 5.41) is 17.3. The van der Waals surface area contributed by atoms with Crippen molar-refractivity contribution in [2.75, 3.05) is 0 Å². The second-order valence-corrected chi connectivity index (χ2v) is 6.68. The molecule has 1 aromatic heterocycles. The number of ether oxygens (including phenoxy) is 1. The molecule has 6 nitrogen and oxygen atoms in total. The largest absolute Gasteiger partial charge is 0.441 e. The smallest absolute Gasteiger partial charge is 0.206 e. The molecule has 27 heavy (non-hydrogen) atoms. The average Bonchev–Trinajstić information content (AvgIpc) is 3.21. The van der Waals surface area contributed by atoms with Crippen molar-refractivity contribution in [1.82, 2.24) is 20.6 Å². The summed E-state index contributed by atoms with van der Waals surface area (Å²) in [6.07, 6.45) is 0. The van der Waals surface area contributed by atoms with Gasteiger partial charge in [-0.3, -0.25) is 0 Å². The van der Waals surface area contributed by atoms with E-state index in [0.29, 0.717) is 22.2 Å². The molecule has 132 valence electrons. The topological polar surface area (TPSA) is 89.7 Å². The number of halogens is 1. The summed E-state index contributed by atoms with van der Waals surface area (Å²) in [6, 6.07) is 19.8. The molecule has 1 atom stereocenters. The summed E-state index contributed by atoms with van der Waals surface area (Å²) in [6.45, 7) is 0. The first-order chi connectivity index (χ1) is 13.2. The van der Waals surface area contributed by atoms with Gasteiger partial charge in [0.1, 0.15) is 5.75 Å². The van der Waals surface area contributed by atoms with E-state index < -0.39 is 0 Å². The zero-order valence-corrected chi connectivity index (χ0v) is 14.8. The Balaban J connectivity index is 1.88. The Bertz CT molecular complexity index is 1190. The standard InChI is InChI=1S/C20H14ClN5O/c21-14-8-4-3-7-13(14)17-16-12-6-2-1-5-11(12)9-10-15(16)27-19(22)18(17)20-23-25-26-24-20/h1-10,17H,22H2,(H,23,24,25,26). The van der Waals surface area contributed by atoms with Gasteiger partial charge < -0.3 is 10.5 Å². The van der Waals surface area contributed by atoms with E-state index >= 15 is 0 Å². The highest BCUT2D eigenvalue weighted by atomic mass is 35.5. The normalized spacial score (nSPS) is 16.3. The fourth-order valence-electron chi connectivity index (χ4n) is 3.66. The lowest BCUT2D eigenvalue weighted by Crippen LogP contribution is -2.22. The summed E-state index contributed by atoms with van der Waals surface area (Å²) in [5.41, 5.74) is 8.83. The Morgan fingerprint density at radius 3 is 2.63 bits per heavy atom. The third kappa shape index (κ3) is 2.45. The van der Waals surface area contributed by atoms with E-state index in [-0.39, 0.29) is 11.8 Å². The first-order valence-electron chi connectivity index (χ1n) is 8.41. The molecule has 1 unspecified atom stereocenters. The van der Waals surface area contributed by atoms with Crippen molar-refractivity contribution < 1.29 is 4.74 Å². The molecular formula is C20H14ClN5O. The van der Waals surface area contributed by atoms with Gasteiger partial charge in [0, 0.05) is 16.5 Å². The number of nitrogens with two attached hydrogens (primary N) is 1. The molecule has 5 rings (SSSR count). The van der Waals surface area contributed by atoms with E-state index in [0.717, 1.165) is 21.9 Å². The van der Waals surface area contributed by atoms with Crippen molar-refractivity contribution >= 4 is 27.9 Å². The van der Waals surface area contributed by atoms with E-state index in [1.54, 1.807) is 0 Å². The van der Waals surface area contributed by atoms with Gasteiger partial charge >= 0.3 is 0 Å². The van der Waals surface area contributed by atoms with E-state index in [9.17, 15) is 0 Å². The van der Waals surface area contributed by atoms with E-state index in [2.05, 4.69) is 32.8 Å². The van der Waals surface area contributed by atoms with Gasteiger partial charge in [-0.1, -0.05) is 60.1 Å². The molecule has 0 radical (unpaired) electrons. The Kier molecular flexibility index (Phi) is 3.58. The molecule has 1 aliphatic rings. The highest BCUT2D eigenvalue weighted by Crippen LogP contribution is 2.49. The number of nitrogens with one attached hydrogen (secondary N) is 1. The predicted octanol–water partition coefficient (Wildman–Crippen LogP) is 3.86. The summed E-state index contributed by atoms with van der Waals surface area (Å²) < 4.78 is 5.96. The molecule has 1 aliphatic heterocycles. The van der Waals surface area contributed by atoms with E-state index in [4.69, 9.17) is 22.1 Å². The Morgan fingerprint density at radius 2 is 1.81 bits per heavy atom. The quantitative estimate of drug-likeness (QED) is 0.555. The van der Waals surface area contributed by atoms with Crippen molar-refractivity contribution in [3.63, 3.8) is 0 Å². The van der Waals surface area contributed by atoms with Gasteiger partial charge in [0.15, 0.2) is 5.88 Å². The molecule has 0 aliphatic carbocycles. The minimum absolute atomic E-state index is 0.240. The van der Waals surface area contributed by atoms with Crippen LogP contribution in [0.1, 0.15) is 22.9 Å². The molecule has 0 fully saturated rings. The van der Waals surface area contributed by atoms with E-state index in [1.165, 1.54) is 0 Å². The van der Waals surface area contributed by atoms with Crippen LogP contribution in [0.3, 0.4) is 0 Å². The number of benzene rings is 3. The zero-order chi connectivity index (χ0) is 18.4. The van der Waals surface area contributed by atoms with Crippen LogP contribution >= 0.6 is 11.6 Å². The summed E-state index contributed by atoms with van der Waals surface area (Å²) in [4.78, 5) is 0. The number of tetrazole rings is 1. The minimum Gasteiger partial charge on any atom is -0.441 e. The van der Waals surface area contributed by atoms with Gasteiger partial charge in [0.2, 0.25) is 5.82 Å². The Hall–Kier alpha value is -3.38. The van der Waals surface area contributed by atoms with Crippen molar-refractivity contribution in [2.24, 2.45) is 5.73 Å². The van der Waals surface area contributed by atoms with Crippen LogP contribution < -0.4 is 10.5 Å². The molecule has 0 saturated heterocycles. The van der Waals surface area contributed by atoms with Crippen LogP contribution in [-0.2, 0) is 0 Å². The van der Waals surface area contributed by atoms with Gasteiger partial charge in [-0.25, -0.2) is 0 Å². The fraction of sp³-hybridized carbons (Fsp3) is 0.0500. The number of nitrogens with zero attached hydrogens (tertiary/aromatic N) is 3. The number of H-pyrrole nitrogens is 1. The second kappa shape index (κ2) is 6.10. The number of aromatic nitrogens is 4. The van der Waals surface area contributed by atoms with Gasteiger partial charge in [-0.2, -0.15) is 5.21 Å². The molecule has 0 bridgehead atoms. The van der Waals surface area contributed by atoms with Crippen LogP contribution in [0.2, 0.25) is 5.02 Å². The molecule has 4 aromatic rings. The zero-order valence-electron chi connectivity index (χ0n) is 14.1. The van der Waals surface area contributed by atoms with Crippen molar-refractivity contribution in [2.45, 2.75) is 5.92 Å². The average molecular weight is 376 g/mol. The number of hydrogen-bond donors (Lipinski definition) is 2. The monoisotopic (exact) mass is 375 g/mol. The van der Waals surface area contributed by atoms with Gasteiger partial charge in [-0.05, 0) is 33.7 Å². The first-order valence-corrected chi connectivity index (χ1v) is 8.79. The number of rotatable bonds is 2. The molecule has 0 amide bonds. The Labute approximate surface area is 159 Å². The first kappa shape index (κ1) is 15.8. The highest BCUT2D eigenvalue weighted by molar-refractivity contribution is 6.31. The van der Waals surface area contributed by atoms with Crippen molar-refractivity contribution in [1.29, 1.82) is 0 Å². The molecule has 0 saturated carbocycles. The van der Waals surface area contributed by atoms with Crippen LogP contribution in [0.25, 0.3) is 16.3 Å². The summed E-state index contributed by atoms with van der Waals surface area (Å²) in [7, 11) is 0. The van der Waals surface area contributed by atoms with E-state index in [1.807, 2.05) is 48.5 Å². The van der Waals surface area contributed by atoms with Crippen LogP contribution in [0.4, 0.5) is 0 Å². The number of allylic oxidation sites excluding steroid dienone is 1. The lowest BCUT2D eigenvalue weighted by atomic mass is 9.80. The molecule has 2 heterocycles.